The van der Waals surface area contributed by atoms with Gasteiger partial charge in [0.15, 0.2) is 0 Å². The van der Waals surface area contributed by atoms with Gasteiger partial charge >= 0.3 is 0 Å². The molecule has 148 valence electrons. The number of aromatic nitrogens is 3. The van der Waals surface area contributed by atoms with E-state index in [4.69, 9.17) is 4.74 Å². The lowest BCUT2D eigenvalue weighted by atomic mass is 10.2. The van der Waals surface area contributed by atoms with Crippen molar-refractivity contribution in [2.45, 2.75) is 6.54 Å². The van der Waals surface area contributed by atoms with Crippen molar-refractivity contribution >= 4 is 17.8 Å². The van der Waals surface area contributed by atoms with Gasteiger partial charge in [0.1, 0.15) is 5.82 Å². The Hall–Kier alpha value is -3.45. The van der Waals surface area contributed by atoms with Gasteiger partial charge in [-0.15, -0.1) is 0 Å². The Morgan fingerprint density at radius 2 is 1.97 bits per heavy atom. The average molecular weight is 389 g/mol. The summed E-state index contributed by atoms with van der Waals surface area (Å²) < 4.78 is 7.19. The van der Waals surface area contributed by atoms with E-state index in [1.807, 2.05) is 48.7 Å². The van der Waals surface area contributed by atoms with Crippen LogP contribution in [-0.4, -0.2) is 47.0 Å². The van der Waals surface area contributed by atoms with Crippen LogP contribution in [0.3, 0.4) is 0 Å². The maximum absolute atomic E-state index is 12.3. The van der Waals surface area contributed by atoms with Crippen molar-refractivity contribution in [3.05, 3.63) is 78.3 Å². The number of hydrogen-bond donors (Lipinski definition) is 1. The maximum Gasteiger partial charge on any atom is 0.244 e. The topological polar surface area (TPSA) is 72.3 Å². The monoisotopic (exact) mass is 389 g/mol. The van der Waals surface area contributed by atoms with Crippen molar-refractivity contribution in [3.8, 4) is 5.69 Å². The number of carbonyl (C=O) groups is 1. The van der Waals surface area contributed by atoms with Crippen LogP contribution in [-0.2, 0) is 16.1 Å². The van der Waals surface area contributed by atoms with Crippen LogP contribution in [0.5, 0.6) is 0 Å². The van der Waals surface area contributed by atoms with Gasteiger partial charge in [0, 0.05) is 49.2 Å². The molecule has 1 aliphatic rings. The van der Waals surface area contributed by atoms with E-state index in [0.29, 0.717) is 19.8 Å². The Labute approximate surface area is 169 Å². The second kappa shape index (κ2) is 9.16. The summed E-state index contributed by atoms with van der Waals surface area (Å²) in [6.07, 6.45) is 8.68. The van der Waals surface area contributed by atoms with Crippen LogP contribution >= 0.6 is 0 Å². The molecule has 7 nitrogen and oxygen atoms in total. The lowest BCUT2D eigenvalue weighted by Gasteiger charge is -2.29. The van der Waals surface area contributed by atoms with E-state index in [2.05, 4.69) is 20.3 Å². The van der Waals surface area contributed by atoms with Crippen LogP contribution < -0.4 is 10.2 Å². The van der Waals surface area contributed by atoms with Crippen molar-refractivity contribution in [1.82, 2.24) is 20.1 Å². The van der Waals surface area contributed by atoms with Gasteiger partial charge in [0.2, 0.25) is 5.91 Å². The molecule has 1 fully saturated rings. The van der Waals surface area contributed by atoms with Gasteiger partial charge < -0.3 is 15.0 Å². The number of benzene rings is 1. The predicted octanol–water partition coefficient (Wildman–Crippen LogP) is 2.43. The second-order valence-corrected chi connectivity index (χ2v) is 6.69. The van der Waals surface area contributed by atoms with E-state index < -0.39 is 0 Å². The number of carbonyl (C=O) groups excluding carboxylic acids is 1. The fourth-order valence-electron chi connectivity index (χ4n) is 3.19. The molecule has 1 amide bonds. The van der Waals surface area contributed by atoms with Crippen LogP contribution in [0.4, 0.5) is 5.82 Å². The summed E-state index contributed by atoms with van der Waals surface area (Å²) in [5.74, 6) is 0.749. The highest BCUT2D eigenvalue weighted by Gasteiger charge is 2.15. The molecule has 7 heteroatoms. The molecule has 29 heavy (non-hydrogen) atoms. The molecular weight excluding hydrogens is 366 g/mol. The molecule has 3 heterocycles. The van der Waals surface area contributed by atoms with Gasteiger partial charge in [-0.05, 0) is 24.3 Å². The average Bonchev–Trinajstić information content (AvgIpc) is 3.27. The van der Waals surface area contributed by atoms with Gasteiger partial charge in [-0.1, -0.05) is 24.3 Å². The van der Waals surface area contributed by atoms with Crippen molar-refractivity contribution < 1.29 is 9.53 Å². The molecule has 0 unspecified atom stereocenters. The van der Waals surface area contributed by atoms with Gasteiger partial charge in [-0.3, -0.25) is 4.79 Å². The minimum Gasteiger partial charge on any atom is -0.378 e. The van der Waals surface area contributed by atoms with Crippen LogP contribution in [0.1, 0.15) is 11.1 Å². The molecule has 1 aromatic carbocycles. The largest absolute Gasteiger partial charge is 0.378 e. The van der Waals surface area contributed by atoms with E-state index in [9.17, 15) is 4.79 Å². The zero-order valence-corrected chi connectivity index (χ0v) is 16.1. The SMILES string of the molecule is O=C(C=Cc1cnn(-c2ccccc2)c1)NCc1cccnc1N1CCOCC1. The first-order valence-corrected chi connectivity index (χ1v) is 9.62. The first-order chi connectivity index (χ1) is 14.3. The fraction of sp³-hybridized carbons (Fsp3) is 0.227. The van der Waals surface area contributed by atoms with Gasteiger partial charge in [0.25, 0.3) is 0 Å². The summed E-state index contributed by atoms with van der Waals surface area (Å²) in [7, 11) is 0. The summed E-state index contributed by atoms with van der Waals surface area (Å²) in [5, 5.41) is 7.27. The Balaban J connectivity index is 1.36. The van der Waals surface area contributed by atoms with Crippen LogP contribution in [0, 0.1) is 0 Å². The fourth-order valence-corrected chi connectivity index (χ4v) is 3.19. The third-order valence-electron chi connectivity index (χ3n) is 4.68. The first kappa shape index (κ1) is 18.9. The van der Waals surface area contributed by atoms with Gasteiger partial charge in [-0.25, -0.2) is 9.67 Å². The molecule has 1 saturated heterocycles. The Morgan fingerprint density at radius 1 is 1.14 bits per heavy atom. The van der Waals surface area contributed by atoms with Gasteiger partial charge in [0.05, 0.1) is 25.1 Å². The number of amides is 1. The lowest BCUT2D eigenvalue weighted by Crippen LogP contribution is -2.37. The molecule has 0 atom stereocenters. The standard InChI is InChI=1S/C22H23N5O2/c28-21(9-8-18-15-25-27(17-18)20-6-2-1-3-7-20)24-16-19-5-4-10-23-22(19)26-11-13-29-14-12-26/h1-10,15,17H,11-14,16H2,(H,24,28). The van der Waals surface area contributed by atoms with Crippen molar-refractivity contribution in [2.24, 2.45) is 0 Å². The molecule has 0 saturated carbocycles. The molecule has 1 aliphatic heterocycles. The molecule has 2 aromatic heterocycles. The normalized spacial score (nSPS) is 14.3. The second-order valence-electron chi connectivity index (χ2n) is 6.69. The minimum absolute atomic E-state index is 0.158. The molecule has 0 radical (unpaired) electrons. The predicted molar refractivity (Wildman–Crippen MR) is 112 cm³/mol. The van der Waals surface area contributed by atoms with Crippen molar-refractivity contribution in [1.29, 1.82) is 0 Å². The molecular formula is C22H23N5O2. The highest BCUT2D eigenvalue weighted by atomic mass is 16.5. The number of anilines is 1. The van der Waals surface area contributed by atoms with E-state index in [1.165, 1.54) is 6.08 Å². The summed E-state index contributed by atoms with van der Waals surface area (Å²) in [6.45, 7) is 3.43. The molecule has 4 rings (SSSR count). The number of rotatable bonds is 6. The molecule has 3 aromatic rings. The first-order valence-electron chi connectivity index (χ1n) is 9.62. The van der Waals surface area contributed by atoms with E-state index in [0.717, 1.165) is 35.7 Å². The Morgan fingerprint density at radius 3 is 2.79 bits per heavy atom. The zero-order chi connectivity index (χ0) is 19.9. The minimum atomic E-state index is -0.158. The van der Waals surface area contributed by atoms with Crippen LogP contribution in [0.15, 0.2) is 67.1 Å². The zero-order valence-electron chi connectivity index (χ0n) is 16.1. The number of nitrogens with one attached hydrogen (secondary N) is 1. The third-order valence-corrected chi connectivity index (χ3v) is 4.68. The quantitative estimate of drug-likeness (QED) is 0.656. The summed E-state index contributed by atoms with van der Waals surface area (Å²) in [5.41, 5.74) is 2.83. The van der Waals surface area contributed by atoms with E-state index in [1.54, 1.807) is 23.2 Å². The van der Waals surface area contributed by atoms with E-state index >= 15 is 0 Å². The van der Waals surface area contributed by atoms with Crippen LogP contribution in [0.2, 0.25) is 0 Å². The molecule has 1 N–H and O–H groups in total. The van der Waals surface area contributed by atoms with Crippen molar-refractivity contribution in [3.63, 3.8) is 0 Å². The highest BCUT2D eigenvalue weighted by Crippen LogP contribution is 2.18. The number of para-hydroxylation sites is 1. The smallest absolute Gasteiger partial charge is 0.244 e. The molecule has 0 aliphatic carbocycles. The Kier molecular flexibility index (Phi) is 5.97. The number of ether oxygens (including phenoxy) is 1. The highest BCUT2D eigenvalue weighted by molar-refractivity contribution is 5.91. The summed E-state index contributed by atoms with van der Waals surface area (Å²) in [6, 6.07) is 13.7. The van der Waals surface area contributed by atoms with E-state index in [-0.39, 0.29) is 5.91 Å². The lowest BCUT2D eigenvalue weighted by molar-refractivity contribution is -0.116. The number of hydrogen-bond acceptors (Lipinski definition) is 5. The maximum atomic E-state index is 12.3. The van der Waals surface area contributed by atoms with Crippen molar-refractivity contribution in [2.75, 3.05) is 31.2 Å². The summed E-state index contributed by atoms with van der Waals surface area (Å²) in [4.78, 5) is 19.0. The number of nitrogens with zero attached hydrogens (tertiary/aromatic N) is 4. The van der Waals surface area contributed by atoms with Crippen LogP contribution in [0.25, 0.3) is 11.8 Å². The van der Waals surface area contributed by atoms with Gasteiger partial charge in [-0.2, -0.15) is 5.10 Å². The molecule has 0 spiro atoms. The number of morpholine rings is 1. The third kappa shape index (κ3) is 4.89. The summed E-state index contributed by atoms with van der Waals surface area (Å²) >= 11 is 0. The number of pyridine rings is 1. The molecule has 0 bridgehead atoms. The Bertz CT molecular complexity index is 978.